The number of para-hydroxylation sites is 1. The van der Waals surface area contributed by atoms with E-state index >= 15 is 0 Å². The summed E-state index contributed by atoms with van der Waals surface area (Å²) in [5.41, 5.74) is 0.853. The second-order valence-electron chi connectivity index (χ2n) is 3.62. The molecule has 0 unspecified atom stereocenters. The number of hydrogen-bond donors (Lipinski definition) is 1. The van der Waals surface area contributed by atoms with Crippen LogP contribution in [0.25, 0.3) is 0 Å². The second-order valence-corrected chi connectivity index (χ2v) is 3.62. The Morgan fingerprint density at radius 3 is 2.88 bits per heavy atom. The quantitative estimate of drug-likeness (QED) is 0.587. The normalized spacial score (nSPS) is 11.8. The molecule has 2 heteroatoms. The minimum atomic E-state index is -0.455. The number of terminal acetylenes is 1. The van der Waals surface area contributed by atoms with Crippen LogP contribution in [0, 0.1) is 12.3 Å². The number of unbranched alkanes of at least 4 members (excludes halogenated alkanes) is 1. The van der Waals surface area contributed by atoms with E-state index in [1.54, 1.807) is 0 Å². The zero-order valence-corrected chi connectivity index (χ0v) is 9.65. The molecule has 0 amide bonds. The zero-order chi connectivity index (χ0) is 11.8. The molecule has 2 nitrogen and oxygen atoms in total. The van der Waals surface area contributed by atoms with Crippen molar-refractivity contribution in [2.24, 2.45) is 0 Å². The van der Waals surface area contributed by atoms with Gasteiger partial charge in [-0.25, -0.2) is 0 Å². The van der Waals surface area contributed by atoms with Crippen molar-refractivity contribution >= 4 is 0 Å². The van der Waals surface area contributed by atoms with Crippen molar-refractivity contribution in [1.82, 2.24) is 0 Å². The molecule has 1 N–H and O–H groups in total. The van der Waals surface area contributed by atoms with Gasteiger partial charge >= 0.3 is 0 Å². The van der Waals surface area contributed by atoms with Gasteiger partial charge in [0.25, 0.3) is 0 Å². The smallest absolute Gasteiger partial charge is 0.125 e. The van der Waals surface area contributed by atoms with Gasteiger partial charge in [-0.3, -0.25) is 0 Å². The molecule has 0 saturated heterocycles. The predicted molar refractivity (Wildman–Crippen MR) is 65.3 cm³/mol. The van der Waals surface area contributed by atoms with E-state index < -0.39 is 6.10 Å². The van der Waals surface area contributed by atoms with Crippen LogP contribution < -0.4 is 4.74 Å². The van der Waals surface area contributed by atoms with Crippen LogP contribution in [0.15, 0.2) is 24.3 Å². The van der Waals surface area contributed by atoms with E-state index in [-0.39, 0.29) is 0 Å². The summed E-state index contributed by atoms with van der Waals surface area (Å²) in [6.07, 6.45) is 6.95. The van der Waals surface area contributed by atoms with Gasteiger partial charge in [-0.1, -0.05) is 25.1 Å². The summed E-state index contributed by atoms with van der Waals surface area (Å²) in [6.45, 7) is 2.54. The summed E-state index contributed by atoms with van der Waals surface area (Å²) in [4.78, 5) is 0. The topological polar surface area (TPSA) is 29.5 Å². The third kappa shape index (κ3) is 3.60. The number of aliphatic hydroxyl groups excluding tert-OH is 1. The summed E-state index contributed by atoms with van der Waals surface area (Å²) in [6, 6.07) is 7.58. The molecule has 0 aliphatic carbocycles. The number of rotatable bonds is 6. The summed E-state index contributed by atoms with van der Waals surface area (Å²) in [5.74, 6) is 3.33. The SMILES string of the molecule is C#CCCCOc1ccccc1[C@@H](O)CC. The van der Waals surface area contributed by atoms with Gasteiger partial charge in [0.15, 0.2) is 0 Å². The average molecular weight is 218 g/mol. The molecule has 86 valence electrons. The Morgan fingerprint density at radius 1 is 1.44 bits per heavy atom. The molecular formula is C14H18O2. The van der Waals surface area contributed by atoms with E-state index in [4.69, 9.17) is 11.2 Å². The van der Waals surface area contributed by atoms with E-state index in [2.05, 4.69) is 5.92 Å². The maximum absolute atomic E-state index is 9.80. The Balaban J connectivity index is 2.61. The van der Waals surface area contributed by atoms with Crippen LogP contribution >= 0.6 is 0 Å². The van der Waals surface area contributed by atoms with Gasteiger partial charge in [-0.05, 0) is 18.9 Å². The molecule has 0 radical (unpaired) electrons. The van der Waals surface area contributed by atoms with E-state index in [0.29, 0.717) is 13.0 Å². The van der Waals surface area contributed by atoms with Crippen LogP contribution in [0.4, 0.5) is 0 Å². The highest BCUT2D eigenvalue weighted by atomic mass is 16.5. The van der Waals surface area contributed by atoms with Crippen LogP contribution in [0.2, 0.25) is 0 Å². The minimum Gasteiger partial charge on any atom is -0.493 e. The Kier molecular flexibility index (Phi) is 5.45. The molecule has 1 aromatic carbocycles. The van der Waals surface area contributed by atoms with Gasteiger partial charge in [0, 0.05) is 12.0 Å². The van der Waals surface area contributed by atoms with Gasteiger partial charge in [0.1, 0.15) is 5.75 Å². The number of aliphatic hydroxyl groups is 1. The molecular weight excluding hydrogens is 200 g/mol. The lowest BCUT2D eigenvalue weighted by Gasteiger charge is -2.14. The van der Waals surface area contributed by atoms with Crippen molar-refractivity contribution in [1.29, 1.82) is 0 Å². The minimum absolute atomic E-state index is 0.455. The van der Waals surface area contributed by atoms with E-state index in [9.17, 15) is 5.11 Å². The molecule has 16 heavy (non-hydrogen) atoms. The van der Waals surface area contributed by atoms with Gasteiger partial charge < -0.3 is 9.84 Å². The largest absolute Gasteiger partial charge is 0.493 e. The maximum atomic E-state index is 9.80. The third-order valence-electron chi connectivity index (χ3n) is 2.39. The molecule has 0 aliphatic heterocycles. The summed E-state index contributed by atoms with van der Waals surface area (Å²) >= 11 is 0. The van der Waals surface area contributed by atoms with E-state index in [1.165, 1.54) is 0 Å². The van der Waals surface area contributed by atoms with Crippen LogP contribution in [0.3, 0.4) is 0 Å². The lowest BCUT2D eigenvalue weighted by Crippen LogP contribution is -2.03. The predicted octanol–water partition coefficient (Wildman–Crippen LogP) is 2.92. The van der Waals surface area contributed by atoms with E-state index in [0.717, 1.165) is 24.2 Å². The molecule has 0 fully saturated rings. The zero-order valence-electron chi connectivity index (χ0n) is 9.65. The number of benzene rings is 1. The molecule has 0 aliphatic rings. The third-order valence-corrected chi connectivity index (χ3v) is 2.39. The fourth-order valence-electron chi connectivity index (χ4n) is 1.46. The summed E-state index contributed by atoms with van der Waals surface area (Å²) in [5, 5.41) is 9.80. The number of hydrogen-bond acceptors (Lipinski definition) is 2. The Hall–Kier alpha value is -1.46. The van der Waals surface area contributed by atoms with Gasteiger partial charge in [-0.2, -0.15) is 0 Å². The van der Waals surface area contributed by atoms with Crippen molar-refractivity contribution in [2.75, 3.05) is 6.61 Å². The van der Waals surface area contributed by atoms with Crippen molar-refractivity contribution in [3.8, 4) is 18.1 Å². The number of ether oxygens (including phenoxy) is 1. The first-order valence-corrected chi connectivity index (χ1v) is 5.62. The fourth-order valence-corrected chi connectivity index (χ4v) is 1.46. The highest BCUT2D eigenvalue weighted by Gasteiger charge is 2.10. The molecule has 0 heterocycles. The van der Waals surface area contributed by atoms with Crippen molar-refractivity contribution in [3.63, 3.8) is 0 Å². The molecule has 1 atom stereocenters. The molecule has 0 aromatic heterocycles. The Bertz CT molecular complexity index is 352. The van der Waals surface area contributed by atoms with Gasteiger partial charge in [-0.15, -0.1) is 12.3 Å². The lowest BCUT2D eigenvalue weighted by molar-refractivity contribution is 0.167. The fraction of sp³-hybridized carbons (Fsp3) is 0.429. The van der Waals surface area contributed by atoms with Crippen LogP contribution in [0.1, 0.15) is 37.9 Å². The maximum Gasteiger partial charge on any atom is 0.125 e. The first-order valence-electron chi connectivity index (χ1n) is 5.62. The van der Waals surface area contributed by atoms with Crippen LogP contribution in [-0.4, -0.2) is 11.7 Å². The summed E-state index contributed by atoms with van der Waals surface area (Å²) in [7, 11) is 0. The molecule has 1 rings (SSSR count). The average Bonchev–Trinajstić information content (AvgIpc) is 2.34. The first-order chi connectivity index (χ1) is 7.79. The highest BCUT2D eigenvalue weighted by Crippen LogP contribution is 2.26. The molecule has 1 aromatic rings. The Labute approximate surface area is 97.3 Å². The second kappa shape index (κ2) is 6.92. The van der Waals surface area contributed by atoms with Crippen molar-refractivity contribution in [2.45, 2.75) is 32.3 Å². The monoisotopic (exact) mass is 218 g/mol. The molecule has 0 saturated carbocycles. The standard InChI is InChI=1S/C14H18O2/c1-3-5-8-11-16-14-10-7-6-9-12(14)13(15)4-2/h1,6-7,9-10,13,15H,4-5,8,11H2,2H3/t13-/m0/s1. The van der Waals surface area contributed by atoms with Gasteiger partial charge in [0.2, 0.25) is 0 Å². The van der Waals surface area contributed by atoms with Crippen LogP contribution in [-0.2, 0) is 0 Å². The first kappa shape index (κ1) is 12.6. The molecule has 0 spiro atoms. The highest BCUT2D eigenvalue weighted by molar-refractivity contribution is 5.34. The van der Waals surface area contributed by atoms with Gasteiger partial charge in [0.05, 0.1) is 12.7 Å². The summed E-state index contributed by atoms with van der Waals surface area (Å²) < 4.78 is 5.61. The Morgan fingerprint density at radius 2 is 2.19 bits per heavy atom. The lowest BCUT2D eigenvalue weighted by atomic mass is 10.1. The van der Waals surface area contributed by atoms with Crippen molar-refractivity contribution in [3.05, 3.63) is 29.8 Å². The van der Waals surface area contributed by atoms with Crippen LogP contribution in [0.5, 0.6) is 5.75 Å². The van der Waals surface area contributed by atoms with Crippen molar-refractivity contribution < 1.29 is 9.84 Å². The molecule has 0 bridgehead atoms. The van der Waals surface area contributed by atoms with E-state index in [1.807, 2.05) is 31.2 Å².